The SMILES string of the molecule is CC(=O)Nc1cccc(NC(=O)c2cn(-c3ccccc3)nc2-c2ccc(C)c(C)c2)c1. The fraction of sp³-hybridized carbons (Fsp3) is 0.115. The lowest BCUT2D eigenvalue weighted by molar-refractivity contribution is -0.114. The summed E-state index contributed by atoms with van der Waals surface area (Å²) < 4.78 is 1.72. The fourth-order valence-corrected chi connectivity index (χ4v) is 3.43. The van der Waals surface area contributed by atoms with E-state index in [1.165, 1.54) is 12.5 Å². The van der Waals surface area contributed by atoms with Gasteiger partial charge in [0.1, 0.15) is 5.69 Å². The molecular weight excluding hydrogens is 400 g/mol. The minimum Gasteiger partial charge on any atom is -0.326 e. The number of hydrogen-bond acceptors (Lipinski definition) is 3. The van der Waals surface area contributed by atoms with Crippen molar-refractivity contribution >= 4 is 23.2 Å². The second-order valence-electron chi connectivity index (χ2n) is 7.69. The van der Waals surface area contributed by atoms with Crippen molar-refractivity contribution in [2.75, 3.05) is 10.6 Å². The average Bonchev–Trinajstić information content (AvgIpc) is 3.22. The molecule has 0 bridgehead atoms. The highest BCUT2D eigenvalue weighted by Gasteiger charge is 2.19. The molecule has 1 aromatic heterocycles. The summed E-state index contributed by atoms with van der Waals surface area (Å²) in [6, 6.07) is 22.8. The highest BCUT2D eigenvalue weighted by Crippen LogP contribution is 2.27. The highest BCUT2D eigenvalue weighted by atomic mass is 16.2. The minimum atomic E-state index is -0.277. The van der Waals surface area contributed by atoms with E-state index in [2.05, 4.69) is 17.6 Å². The van der Waals surface area contributed by atoms with Crippen LogP contribution in [0.4, 0.5) is 11.4 Å². The topological polar surface area (TPSA) is 76.0 Å². The first-order valence-corrected chi connectivity index (χ1v) is 10.3. The van der Waals surface area contributed by atoms with E-state index >= 15 is 0 Å². The first-order valence-electron chi connectivity index (χ1n) is 10.3. The summed E-state index contributed by atoms with van der Waals surface area (Å²) in [6.45, 7) is 5.54. The Kier molecular flexibility index (Phi) is 5.85. The van der Waals surface area contributed by atoms with Crippen molar-refractivity contribution < 1.29 is 9.59 Å². The summed E-state index contributed by atoms with van der Waals surface area (Å²) in [5.41, 5.74) is 6.31. The van der Waals surface area contributed by atoms with Crippen molar-refractivity contribution in [1.29, 1.82) is 0 Å². The number of amides is 2. The van der Waals surface area contributed by atoms with Gasteiger partial charge in [-0.25, -0.2) is 4.68 Å². The van der Waals surface area contributed by atoms with Crippen LogP contribution in [-0.4, -0.2) is 21.6 Å². The second kappa shape index (κ2) is 8.89. The quantitative estimate of drug-likeness (QED) is 0.452. The number of para-hydroxylation sites is 1. The second-order valence-corrected chi connectivity index (χ2v) is 7.69. The van der Waals surface area contributed by atoms with Gasteiger partial charge in [-0.15, -0.1) is 0 Å². The third-order valence-electron chi connectivity index (χ3n) is 5.20. The normalized spacial score (nSPS) is 10.6. The Morgan fingerprint density at radius 3 is 2.22 bits per heavy atom. The number of carbonyl (C=O) groups excluding carboxylic acids is 2. The average molecular weight is 425 g/mol. The van der Waals surface area contributed by atoms with Crippen LogP contribution >= 0.6 is 0 Å². The zero-order chi connectivity index (χ0) is 22.7. The van der Waals surface area contributed by atoms with E-state index in [0.717, 1.165) is 16.8 Å². The Bertz CT molecular complexity index is 1290. The Hall–Kier alpha value is -4.19. The van der Waals surface area contributed by atoms with Gasteiger partial charge < -0.3 is 10.6 Å². The van der Waals surface area contributed by atoms with Crippen LogP contribution in [0.2, 0.25) is 0 Å². The lowest BCUT2D eigenvalue weighted by Crippen LogP contribution is -2.13. The fourth-order valence-electron chi connectivity index (χ4n) is 3.43. The summed E-state index contributed by atoms with van der Waals surface area (Å²) in [6.07, 6.45) is 1.74. The molecule has 160 valence electrons. The Labute approximate surface area is 186 Å². The smallest absolute Gasteiger partial charge is 0.259 e. The molecule has 6 nitrogen and oxygen atoms in total. The zero-order valence-corrected chi connectivity index (χ0v) is 18.2. The standard InChI is InChI=1S/C26H24N4O2/c1-17-12-13-20(14-18(17)2)25-24(16-30(29-25)23-10-5-4-6-11-23)26(32)28-22-9-7-8-21(15-22)27-19(3)31/h4-16H,1-3H3,(H,27,31)(H,28,32). The maximum atomic E-state index is 13.3. The van der Waals surface area contributed by atoms with Gasteiger partial charge in [0.05, 0.1) is 11.3 Å². The molecule has 0 saturated heterocycles. The molecule has 3 aromatic carbocycles. The molecule has 0 saturated carbocycles. The number of aromatic nitrogens is 2. The first kappa shape index (κ1) is 21.1. The van der Waals surface area contributed by atoms with Crippen LogP contribution < -0.4 is 10.6 Å². The van der Waals surface area contributed by atoms with Crippen LogP contribution in [0.25, 0.3) is 16.9 Å². The summed E-state index contributed by atoms with van der Waals surface area (Å²) in [5, 5.41) is 10.4. The molecule has 32 heavy (non-hydrogen) atoms. The summed E-state index contributed by atoms with van der Waals surface area (Å²) in [7, 11) is 0. The predicted molar refractivity (Wildman–Crippen MR) is 127 cm³/mol. The van der Waals surface area contributed by atoms with Gasteiger partial charge in [0.2, 0.25) is 5.91 Å². The molecule has 0 atom stereocenters. The van der Waals surface area contributed by atoms with Crippen molar-refractivity contribution in [3.63, 3.8) is 0 Å². The number of rotatable bonds is 5. The molecule has 2 N–H and O–H groups in total. The van der Waals surface area contributed by atoms with Crippen LogP contribution in [-0.2, 0) is 4.79 Å². The van der Waals surface area contributed by atoms with Gasteiger partial charge in [0, 0.05) is 30.1 Å². The number of nitrogens with one attached hydrogen (secondary N) is 2. The molecule has 4 rings (SSSR count). The monoisotopic (exact) mass is 424 g/mol. The Balaban J connectivity index is 1.73. The Morgan fingerprint density at radius 1 is 0.812 bits per heavy atom. The van der Waals surface area contributed by atoms with Crippen molar-refractivity contribution in [3.05, 3.63) is 95.7 Å². The predicted octanol–water partition coefficient (Wildman–Crippen LogP) is 5.37. The van der Waals surface area contributed by atoms with E-state index in [1.807, 2.05) is 55.5 Å². The number of nitrogens with zero attached hydrogens (tertiary/aromatic N) is 2. The summed E-state index contributed by atoms with van der Waals surface area (Å²) >= 11 is 0. The lowest BCUT2D eigenvalue weighted by Gasteiger charge is -2.09. The first-order chi connectivity index (χ1) is 15.4. The summed E-state index contributed by atoms with van der Waals surface area (Å²) in [4.78, 5) is 24.6. The lowest BCUT2D eigenvalue weighted by atomic mass is 10.0. The maximum Gasteiger partial charge on any atom is 0.259 e. The number of hydrogen-bond donors (Lipinski definition) is 2. The number of benzene rings is 3. The van der Waals surface area contributed by atoms with Crippen LogP contribution in [0.1, 0.15) is 28.4 Å². The van der Waals surface area contributed by atoms with Gasteiger partial charge in [-0.05, 0) is 61.4 Å². The molecule has 6 heteroatoms. The van der Waals surface area contributed by atoms with E-state index in [1.54, 1.807) is 35.1 Å². The van der Waals surface area contributed by atoms with Crippen molar-refractivity contribution in [3.8, 4) is 16.9 Å². The van der Waals surface area contributed by atoms with Gasteiger partial charge in [-0.1, -0.05) is 36.4 Å². The van der Waals surface area contributed by atoms with Crippen molar-refractivity contribution in [1.82, 2.24) is 9.78 Å². The zero-order valence-electron chi connectivity index (χ0n) is 18.2. The molecule has 0 aliphatic carbocycles. The third-order valence-corrected chi connectivity index (χ3v) is 5.20. The van der Waals surface area contributed by atoms with Crippen LogP contribution in [0.3, 0.4) is 0 Å². The van der Waals surface area contributed by atoms with Crippen molar-refractivity contribution in [2.45, 2.75) is 20.8 Å². The largest absolute Gasteiger partial charge is 0.326 e. The molecular formula is C26H24N4O2. The molecule has 0 fully saturated rings. The maximum absolute atomic E-state index is 13.3. The molecule has 4 aromatic rings. The van der Waals surface area contributed by atoms with Gasteiger partial charge in [-0.2, -0.15) is 5.10 Å². The number of carbonyl (C=O) groups is 2. The highest BCUT2D eigenvalue weighted by molar-refractivity contribution is 6.08. The number of anilines is 2. The molecule has 2 amide bonds. The molecule has 0 unspecified atom stereocenters. The van der Waals surface area contributed by atoms with Crippen LogP contribution in [0.5, 0.6) is 0 Å². The number of aryl methyl sites for hydroxylation is 2. The Morgan fingerprint density at radius 2 is 1.53 bits per heavy atom. The summed E-state index contributed by atoms with van der Waals surface area (Å²) in [5.74, 6) is -0.449. The van der Waals surface area contributed by atoms with E-state index in [-0.39, 0.29) is 11.8 Å². The van der Waals surface area contributed by atoms with E-state index < -0.39 is 0 Å². The third kappa shape index (κ3) is 4.59. The molecule has 0 aliphatic rings. The van der Waals surface area contributed by atoms with Crippen LogP contribution in [0.15, 0.2) is 79.0 Å². The van der Waals surface area contributed by atoms with E-state index in [9.17, 15) is 9.59 Å². The van der Waals surface area contributed by atoms with Gasteiger partial charge in [-0.3, -0.25) is 9.59 Å². The molecule has 0 radical (unpaired) electrons. The molecule has 0 spiro atoms. The molecule has 0 aliphatic heterocycles. The van der Waals surface area contributed by atoms with Crippen molar-refractivity contribution in [2.24, 2.45) is 0 Å². The van der Waals surface area contributed by atoms with Crippen LogP contribution in [0, 0.1) is 13.8 Å². The van der Waals surface area contributed by atoms with Gasteiger partial charge in [0.25, 0.3) is 5.91 Å². The van der Waals surface area contributed by atoms with E-state index in [0.29, 0.717) is 22.6 Å². The van der Waals surface area contributed by atoms with Gasteiger partial charge >= 0.3 is 0 Å². The van der Waals surface area contributed by atoms with E-state index in [4.69, 9.17) is 5.10 Å². The molecule has 1 heterocycles. The van der Waals surface area contributed by atoms with Gasteiger partial charge in [0.15, 0.2) is 0 Å². The minimum absolute atomic E-state index is 0.172.